The molecule has 1 unspecified atom stereocenters. The Morgan fingerprint density at radius 2 is 1.96 bits per heavy atom. The van der Waals surface area contributed by atoms with Crippen LogP contribution in [0, 0.1) is 0 Å². The summed E-state index contributed by atoms with van der Waals surface area (Å²) < 4.78 is 64.5. The molecule has 0 fully saturated rings. The van der Waals surface area contributed by atoms with Gasteiger partial charge in [0.15, 0.2) is 12.6 Å². The van der Waals surface area contributed by atoms with Crippen molar-refractivity contribution in [1.82, 2.24) is 10.6 Å². The molecule has 27 heavy (non-hydrogen) atoms. The first-order valence-corrected chi connectivity index (χ1v) is 10.6. The predicted molar refractivity (Wildman–Crippen MR) is 99.7 cm³/mol. The number of halogens is 3. The van der Waals surface area contributed by atoms with Gasteiger partial charge in [-0.3, -0.25) is 0 Å². The summed E-state index contributed by atoms with van der Waals surface area (Å²) in [6.45, 7) is 3.03. The third kappa shape index (κ3) is 10.7. The molecule has 0 bridgehead atoms. The number of hydrogen-bond donors (Lipinski definition) is 2. The van der Waals surface area contributed by atoms with Gasteiger partial charge in [0.1, 0.15) is 15.6 Å². The Labute approximate surface area is 158 Å². The number of guanidine groups is 1. The Hall–Kier alpha value is -1.97. The van der Waals surface area contributed by atoms with Crippen LogP contribution < -0.4 is 15.4 Å². The van der Waals surface area contributed by atoms with Gasteiger partial charge in [0.25, 0.3) is 0 Å². The number of rotatable bonds is 9. The van der Waals surface area contributed by atoms with Gasteiger partial charge in [0.05, 0.1) is 12.3 Å². The van der Waals surface area contributed by atoms with Crippen molar-refractivity contribution in [1.29, 1.82) is 0 Å². The second-order valence-electron chi connectivity index (χ2n) is 6.17. The summed E-state index contributed by atoms with van der Waals surface area (Å²) in [7, 11) is -3.06. The molecule has 6 nitrogen and oxygen atoms in total. The minimum Gasteiger partial charge on any atom is -0.484 e. The molecule has 1 aromatic rings. The molecule has 0 aliphatic rings. The van der Waals surface area contributed by atoms with Gasteiger partial charge in [-0.1, -0.05) is 18.2 Å². The molecule has 0 saturated carbocycles. The smallest absolute Gasteiger partial charge is 0.422 e. The Kier molecular flexibility index (Phi) is 8.87. The Bertz CT molecular complexity index is 722. The van der Waals surface area contributed by atoms with E-state index >= 15 is 0 Å². The van der Waals surface area contributed by atoms with Gasteiger partial charge >= 0.3 is 6.18 Å². The van der Waals surface area contributed by atoms with E-state index in [1.165, 1.54) is 12.3 Å². The zero-order valence-corrected chi connectivity index (χ0v) is 16.5. The van der Waals surface area contributed by atoms with E-state index in [2.05, 4.69) is 15.6 Å². The first kappa shape index (κ1) is 23.1. The third-order valence-electron chi connectivity index (χ3n) is 3.42. The normalized spacial score (nSPS) is 13.9. The molecule has 0 radical (unpaired) electrons. The maximum atomic E-state index is 12.4. The summed E-state index contributed by atoms with van der Waals surface area (Å²) in [4.78, 5) is 4.36. The van der Waals surface area contributed by atoms with Crippen molar-refractivity contribution in [2.75, 3.05) is 25.2 Å². The molecule has 10 heteroatoms. The quantitative estimate of drug-likeness (QED) is 0.484. The second kappa shape index (κ2) is 10.4. The van der Waals surface area contributed by atoms with Crippen molar-refractivity contribution in [3.05, 3.63) is 29.8 Å². The number of aliphatic imine (C=N–C) groups is 1. The largest absolute Gasteiger partial charge is 0.484 e. The molecule has 1 aromatic carbocycles. The second-order valence-corrected chi connectivity index (χ2v) is 8.43. The molecule has 0 spiro atoms. The van der Waals surface area contributed by atoms with Crippen LogP contribution in [0.1, 0.15) is 25.8 Å². The van der Waals surface area contributed by atoms with Crippen LogP contribution in [0.15, 0.2) is 29.3 Å². The zero-order valence-electron chi connectivity index (χ0n) is 15.6. The predicted octanol–water partition coefficient (Wildman–Crippen LogP) is 2.51. The number of sulfone groups is 1. The molecule has 0 heterocycles. The van der Waals surface area contributed by atoms with Gasteiger partial charge in [-0.15, -0.1) is 0 Å². The first-order chi connectivity index (χ1) is 12.5. The third-order valence-corrected chi connectivity index (χ3v) is 4.40. The summed E-state index contributed by atoms with van der Waals surface area (Å²) in [6, 6.07) is 6.25. The molecule has 1 atom stereocenters. The molecular formula is C17H26F3N3O3S. The van der Waals surface area contributed by atoms with Crippen molar-refractivity contribution < 1.29 is 26.3 Å². The Morgan fingerprint density at radius 1 is 1.30 bits per heavy atom. The highest BCUT2D eigenvalue weighted by molar-refractivity contribution is 7.90. The number of hydrogen-bond acceptors (Lipinski definition) is 4. The highest BCUT2D eigenvalue weighted by atomic mass is 32.2. The van der Waals surface area contributed by atoms with E-state index in [4.69, 9.17) is 4.74 Å². The maximum absolute atomic E-state index is 12.4. The van der Waals surface area contributed by atoms with Gasteiger partial charge < -0.3 is 15.4 Å². The highest BCUT2D eigenvalue weighted by Crippen LogP contribution is 2.22. The van der Waals surface area contributed by atoms with Crippen LogP contribution in [0.3, 0.4) is 0 Å². The molecule has 1 rings (SSSR count). The van der Waals surface area contributed by atoms with Gasteiger partial charge in [-0.05, 0) is 26.3 Å². The fourth-order valence-electron chi connectivity index (χ4n) is 2.12. The Balaban J connectivity index is 2.77. The minimum absolute atomic E-state index is 0.0503. The highest BCUT2D eigenvalue weighted by Gasteiger charge is 2.28. The molecule has 0 saturated heterocycles. The number of alkyl halides is 3. The minimum atomic E-state index is -4.41. The summed E-state index contributed by atoms with van der Waals surface area (Å²) in [6.07, 6.45) is -2.83. The molecule has 0 amide bonds. The van der Waals surface area contributed by atoms with Crippen LogP contribution >= 0.6 is 0 Å². The van der Waals surface area contributed by atoms with Crippen LogP contribution in [-0.2, 0) is 16.4 Å². The topological polar surface area (TPSA) is 79.8 Å². The van der Waals surface area contributed by atoms with Crippen LogP contribution in [0.25, 0.3) is 0 Å². The van der Waals surface area contributed by atoms with Crippen molar-refractivity contribution in [2.45, 2.75) is 39.0 Å². The number of nitrogens with one attached hydrogen (secondary N) is 2. The molecular weight excluding hydrogens is 383 g/mol. The van der Waals surface area contributed by atoms with Gasteiger partial charge in [-0.25, -0.2) is 13.4 Å². The number of ether oxygens (including phenoxy) is 1. The van der Waals surface area contributed by atoms with Crippen LogP contribution in [-0.4, -0.2) is 51.8 Å². The van der Waals surface area contributed by atoms with E-state index in [-0.39, 0.29) is 24.1 Å². The van der Waals surface area contributed by atoms with Crippen molar-refractivity contribution >= 4 is 15.8 Å². The SMILES string of the molecule is CCNC(=NCc1ccccc1OCC(F)(F)F)NC(C)CCS(C)(=O)=O. The van der Waals surface area contributed by atoms with E-state index in [1.54, 1.807) is 18.2 Å². The fraction of sp³-hybridized carbons (Fsp3) is 0.588. The number of nitrogens with zero attached hydrogens (tertiary/aromatic N) is 1. The van der Waals surface area contributed by atoms with Crippen LogP contribution in [0.5, 0.6) is 5.75 Å². The van der Waals surface area contributed by atoms with E-state index < -0.39 is 22.6 Å². The first-order valence-electron chi connectivity index (χ1n) is 8.50. The zero-order chi connectivity index (χ0) is 20.5. The Morgan fingerprint density at radius 3 is 2.56 bits per heavy atom. The maximum Gasteiger partial charge on any atom is 0.422 e. The van der Waals surface area contributed by atoms with Gasteiger partial charge in [-0.2, -0.15) is 13.2 Å². The fourth-order valence-corrected chi connectivity index (χ4v) is 2.90. The van der Waals surface area contributed by atoms with E-state index in [1.807, 2.05) is 13.8 Å². The average molecular weight is 409 g/mol. The summed E-state index contributed by atoms with van der Waals surface area (Å²) in [5, 5.41) is 6.12. The number of para-hydroxylation sites is 1. The van der Waals surface area contributed by atoms with Gasteiger partial charge in [0.2, 0.25) is 0 Å². The lowest BCUT2D eigenvalue weighted by atomic mass is 10.2. The molecule has 2 N–H and O–H groups in total. The van der Waals surface area contributed by atoms with Crippen molar-refractivity contribution in [3.63, 3.8) is 0 Å². The molecule has 154 valence electrons. The lowest BCUT2D eigenvalue weighted by molar-refractivity contribution is -0.153. The standard InChI is InChI=1S/C17H26F3N3O3S/c1-4-21-16(23-13(2)9-10-27(3,24)25)22-11-14-7-5-6-8-15(14)26-12-17(18,19)20/h5-8,13H,4,9-12H2,1-3H3,(H2,21,22,23). The molecule has 0 aliphatic heterocycles. The van der Waals surface area contributed by atoms with Gasteiger partial charge in [0, 0.05) is 24.4 Å². The van der Waals surface area contributed by atoms with E-state index in [9.17, 15) is 21.6 Å². The van der Waals surface area contributed by atoms with Crippen LogP contribution in [0.2, 0.25) is 0 Å². The van der Waals surface area contributed by atoms with Crippen molar-refractivity contribution in [2.24, 2.45) is 4.99 Å². The van der Waals surface area contributed by atoms with E-state index in [0.717, 1.165) is 0 Å². The number of benzene rings is 1. The van der Waals surface area contributed by atoms with Crippen molar-refractivity contribution in [3.8, 4) is 5.75 Å². The van der Waals surface area contributed by atoms with Crippen LogP contribution in [0.4, 0.5) is 13.2 Å². The van der Waals surface area contributed by atoms with E-state index in [0.29, 0.717) is 24.5 Å². The summed E-state index contributed by atoms with van der Waals surface area (Å²) >= 11 is 0. The summed E-state index contributed by atoms with van der Waals surface area (Å²) in [5.74, 6) is 0.623. The molecule has 0 aliphatic carbocycles. The monoisotopic (exact) mass is 409 g/mol. The summed E-state index contributed by atoms with van der Waals surface area (Å²) in [5.41, 5.74) is 0.516. The lowest BCUT2D eigenvalue weighted by Gasteiger charge is -2.18. The average Bonchev–Trinajstić information content (AvgIpc) is 2.55. The molecule has 0 aromatic heterocycles. The lowest BCUT2D eigenvalue weighted by Crippen LogP contribution is -2.42.